The zero-order valence-electron chi connectivity index (χ0n) is 10.4. The van der Waals surface area contributed by atoms with E-state index in [0.29, 0.717) is 5.56 Å². The Kier molecular flexibility index (Phi) is 3.52. The lowest BCUT2D eigenvalue weighted by Gasteiger charge is -2.24. The van der Waals surface area contributed by atoms with Crippen LogP contribution >= 0.6 is 0 Å². The third kappa shape index (κ3) is 2.25. The SMILES string of the molecule is O=C(C1=CC=CC(C(=O)O)(C(=O)O)C1)c1ccccc1. The van der Waals surface area contributed by atoms with Gasteiger partial charge in [-0.1, -0.05) is 48.6 Å². The average molecular weight is 272 g/mol. The lowest BCUT2D eigenvalue weighted by Crippen LogP contribution is -2.39. The smallest absolute Gasteiger partial charge is 0.325 e. The number of Topliss-reactive ketones (excluding diaryl/α,β-unsaturated/α-hetero) is 1. The summed E-state index contributed by atoms with van der Waals surface area (Å²) in [7, 11) is 0. The zero-order chi connectivity index (χ0) is 14.8. The Bertz CT molecular complexity index is 611. The van der Waals surface area contributed by atoms with Gasteiger partial charge in [0.1, 0.15) is 0 Å². The van der Waals surface area contributed by atoms with Crippen LogP contribution in [-0.2, 0) is 9.59 Å². The zero-order valence-corrected chi connectivity index (χ0v) is 10.4. The Morgan fingerprint density at radius 1 is 1.00 bits per heavy atom. The van der Waals surface area contributed by atoms with E-state index in [1.165, 1.54) is 12.2 Å². The van der Waals surface area contributed by atoms with E-state index in [-0.39, 0.29) is 17.8 Å². The van der Waals surface area contributed by atoms with Crippen molar-refractivity contribution in [3.8, 4) is 0 Å². The molecule has 1 aromatic rings. The van der Waals surface area contributed by atoms with E-state index in [2.05, 4.69) is 0 Å². The van der Waals surface area contributed by atoms with Crippen LogP contribution in [0.15, 0.2) is 54.1 Å². The molecule has 0 saturated heterocycles. The third-order valence-electron chi connectivity index (χ3n) is 3.24. The van der Waals surface area contributed by atoms with E-state index in [9.17, 15) is 14.4 Å². The highest BCUT2D eigenvalue weighted by molar-refractivity contribution is 6.11. The van der Waals surface area contributed by atoms with Crippen molar-refractivity contribution in [1.82, 2.24) is 0 Å². The summed E-state index contributed by atoms with van der Waals surface area (Å²) in [4.78, 5) is 34.7. The van der Waals surface area contributed by atoms with Gasteiger partial charge in [-0.25, -0.2) is 0 Å². The highest BCUT2D eigenvalue weighted by Crippen LogP contribution is 2.34. The molecular formula is C15H12O5. The molecule has 0 fully saturated rings. The molecule has 0 saturated carbocycles. The molecule has 0 spiro atoms. The first-order valence-electron chi connectivity index (χ1n) is 5.92. The Hall–Kier alpha value is -2.69. The van der Waals surface area contributed by atoms with E-state index in [0.717, 1.165) is 6.08 Å². The van der Waals surface area contributed by atoms with Crippen molar-refractivity contribution in [2.75, 3.05) is 0 Å². The predicted molar refractivity (Wildman–Crippen MR) is 70.3 cm³/mol. The molecule has 0 heterocycles. The van der Waals surface area contributed by atoms with Crippen molar-refractivity contribution in [3.63, 3.8) is 0 Å². The van der Waals surface area contributed by atoms with Gasteiger partial charge < -0.3 is 10.2 Å². The normalized spacial score (nSPS) is 16.3. The molecule has 1 aliphatic rings. The first kappa shape index (κ1) is 13.7. The summed E-state index contributed by atoms with van der Waals surface area (Å²) in [5.74, 6) is -3.32. The van der Waals surface area contributed by atoms with Gasteiger partial charge in [-0.15, -0.1) is 0 Å². The fraction of sp³-hybridized carbons (Fsp3) is 0.133. The number of carbonyl (C=O) groups is 3. The highest BCUT2D eigenvalue weighted by Gasteiger charge is 2.46. The summed E-state index contributed by atoms with van der Waals surface area (Å²) >= 11 is 0. The lowest BCUT2D eigenvalue weighted by atomic mass is 9.76. The van der Waals surface area contributed by atoms with Crippen LogP contribution in [0.1, 0.15) is 16.8 Å². The molecule has 1 aromatic carbocycles. The molecule has 0 amide bonds. The number of carboxylic acids is 2. The Morgan fingerprint density at radius 3 is 2.15 bits per heavy atom. The lowest BCUT2D eigenvalue weighted by molar-refractivity contribution is -0.160. The van der Waals surface area contributed by atoms with Crippen molar-refractivity contribution in [3.05, 3.63) is 59.7 Å². The topological polar surface area (TPSA) is 91.7 Å². The number of aliphatic carboxylic acids is 2. The van der Waals surface area contributed by atoms with Crippen molar-refractivity contribution < 1.29 is 24.6 Å². The molecule has 5 heteroatoms. The minimum absolute atomic E-state index is 0.170. The number of carbonyl (C=O) groups excluding carboxylic acids is 1. The molecular weight excluding hydrogens is 260 g/mol. The molecule has 0 aliphatic heterocycles. The first-order chi connectivity index (χ1) is 9.47. The van der Waals surface area contributed by atoms with Crippen LogP contribution in [0.25, 0.3) is 0 Å². The van der Waals surface area contributed by atoms with Crippen molar-refractivity contribution in [1.29, 1.82) is 0 Å². The monoisotopic (exact) mass is 272 g/mol. The van der Waals surface area contributed by atoms with Gasteiger partial charge in [0.05, 0.1) is 0 Å². The van der Waals surface area contributed by atoms with Crippen molar-refractivity contribution in [2.45, 2.75) is 6.42 Å². The average Bonchev–Trinajstić information content (AvgIpc) is 2.47. The molecule has 2 rings (SSSR count). The van der Waals surface area contributed by atoms with Gasteiger partial charge in [0.25, 0.3) is 0 Å². The Morgan fingerprint density at radius 2 is 1.60 bits per heavy atom. The van der Waals surface area contributed by atoms with Crippen LogP contribution < -0.4 is 0 Å². The van der Waals surface area contributed by atoms with E-state index in [1.807, 2.05) is 0 Å². The summed E-state index contributed by atoms with van der Waals surface area (Å²) in [5.41, 5.74) is -1.50. The van der Waals surface area contributed by atoms with E-state index in [1.54, 1.807) is 30.3 Å². The molecule has 0 unspecified atom stereocenters. The number of carboxylic acid groups (broad SMARTS) is 2. The second kappa shape index (κ2) is 5.13. The minimum atomic E-state index is -2.07. The molecule has 5 nitrogen and oxygen atoms in total. The van der Waals surface area contributed by atoms with Crippen LogP contribution in [0.3, 0.4) is 0 Å². The summed E-state index contributed by atoms with van der Waals surface area (Å²) in [6, 6.07) is 8.34. The predicted octanol–water partition coefficient (Wildman–Crippen LogP) is 1.91. The van der Waals surface area contributed by atoms with Crippen LogP contribution in [0.5, 0.6) is 0 Å². The summed E-state index contributed by atoms with van der Waals surface area (Å²) < 4.78 is 0. The van der Waals surface area contributed by atoms with Crippen LogP contribution in [0.2, 0.25) is 0 Å². The first-order valence-corrected chi connectivity index (χ1v) is 5.92. The van der Waals surface area contributed by atoms with Crippen LogP contribution in [0, 0.1) is 5.41 Å². The second-order valence-corrected chi connectivity index (χ2v) is 4.50. The van der Waals surface area contributed by atoms with Crippen LogP contribution in [0.4, 0.5) is 0 Å². The second-order valence-electron chi connectivity index (χ2n) is 4.50. The highest BCUT2D eigenvalue weighted by atomic mass is 16.4. The Labute approximate surface area is 114 Å². The van der Waals surface area contributed by atoms with E-state index in [4.69, 9.17) is 10.2 Å². The third-order valence-corrected chi connectivity index (χ3v) is 3.24. The molecule has 0 radical (unpaired) electrons. The van der Waals surface area contributed by atoms with Crippen LogP contribution in [-0.4, -0.2) is 27.9 Å². The number of ketones is 1. The summed E-state index contributed by atoms with van der Waals surface area (Å²) in [5, 5.41) is 18.3. The van der Waals surface area contributed by atoms with Crippen molar-refractivity contribution in [2.24, 2.45) is 5.41 Å². The molecule has 102 valence electrons. The number of hydrogen-bond acceptors (Lipinski definition) is 3. The molecule has 0 bridgehead atoms. The van der Waals surface area contributed by atoms with E-state index < -0.39 is 17.4 Å². The van der Waals surface area contributed by atoms with Gasteiger partial charge in [0.15, 0.2) is 11.2 Å². The fourth-order valence-corrected chi connectivity index (χ4v) is 2.06. The number of allylic oxidation sites excluding steroid dienone is 3. The van der Waals surface area contributed by atoms with Gasteiger partial charge in [-0.05, 0) is 0 Å². The maximum atomic E-state index is 12.2. The molecule has 0 aromatic heterocycles. The van der Waals surface area contributed by atoms with E-state index >= 15 is 0 Å². The maximum absolute atomic E-state index is 12.2. The Balaban J connectivity index is 2.35. The molecule has 1 aliphatic carbocycles. The number of benzene rings is 1. The number of hydrogen-bond donors (Lipinski definition) is 2. The van der Waals surface area contributed by atoms with Gasteiger partial charge >= 0.3 is 11.9 Å². The largest absolute Gasteiger partial charge is 0.480 e. The van der Waals surface area contributed by atoms with Gasteiger partial charge in [-0.2, -0.15) is 0 Å². The molecule has 20 heavy (non-hydrogen) atoms. The standard InChI is InChI=1S/C15H12O5/c16-12(10-5-2-1-3-6-10)11-7-4-8-15(9-11,13(17)18)14(19)20/h1-8H,9H2,(H,17,18)(H,19,20). The number of rotatable bonds is 4. The van der Waals surface area contributed by atoms with Gasteiger partial charge in [-0.3, -0.25) is 14.4 Å². The maximum Gasteiger partial charge on any atom is 0.325 e. The van der Waals surface area contributed by atoms with Crippen molar-refractivity contribution >= 4 is 17.7 Å². The molecule has 0 atom stereocenters. The minimum Gasteiger partial charge on any atom is -0.480 e. The molecule has 2 N–H and O–H groups in total. The quantitative estimate of drug-likeness (QED) is 0.645. The van der Waals surface area contributed by atoms with Gasteiger partial charge in [0, 0.05) is 17.6 Å². The van der Waals surface area contributed by atoms with Gasteiger partial charge in [0.2, 0.25) is 0 Å². The summed E-state index contributed by atoms with van der Waals surface area (Å²) in [6.45, 7) is 0. The fourth-order valence-electron chi connectivity index (χ4n) is 2.06. The summed E-state index contributed by atoms with van der Waals surface area (Å²) in [6.07, 6.45) is 3.50.